The van der Waals surface area contributed by atoms with Crippen LogP contribution in [0.4, 0.5) is 0 Å². The maximum absolute atomic E-state index is 4.75. The topological polar surface area (TPSA) is 62.1 Å². The van der Waals surface area contributed by atoms with Crippen molar-refractivity contribution in [2.24, 2.45) is 0 Å². The lowest BCUT2D eigenvalue weighted by atomic mass is 10.2. The molecule has 118 valence electrons. The van der Waals surface area contributed by atoms with Crippen LogP contribution in [0.2, 0.25) is 0 Å². The van der Waals surface area contributed by atoms with E-state index in [4.69, 9.17) is 5.10 Å². The number of para-hydroxylation sites is 1. The molecule has 0 aliphatic rings. The van der Waals surface area contributed by atoms with Crippen LogP contribution in [-0.4, -0.2) is 42.8 Å². The molecule has 0 bridgehead atoms. The first kappa shape index (κ1) is 14.3. The second-order valence-electron chi connectivity index (χ2n) is 5.43. The van der Waals surface area contributed by atoms with Crippen LogP contribution in [0.15, 0.2) is 30.5 Å². The van der Waals surface area contributed by atoms with E-state index in [1.54, 1.807) is 11.3 Å². The van der Waals surface area contributed by atoms with Gasteiger partial charge in [-0.15, -0.1) is 10.2 Å². The van der Waals surface area contributed by atoms with Crippen molar-refractivity contribution in [2.75, 3.05) is 13.1 Å². The predicted octanol–water partition coefficient (Wildman–Crippen LogP) is 3.18. The van der Waals surface area contributed by atoms with Gasteiger partial charge in [0, 0.05) is 22.7 Å². The third kappa shape index (κ3) is 2.42. The van der Waals surface area contributed by atoms with Crippen LogP contribution in [0, 0.1) is 0 Å². The quantitative estimate of drug-likeness (QED) is 0.612. The van der Waals surface area contributed by atoms with Crippen molar-refractivity contribution in [3.8, 4) is 10.6 Å². The minimum Gasteiger partial charge on any atom is -0.360 e. The fourth-order valence-corrected chi connectivity index (χ4v) is 3.65. The summed E-state index contributed by atoms with van der Waals surface area (Å²) in [4.78, 5) is 6.45. The molecule has 1 N–H and O–H groups in total. The zero-order valence-corrected chi connectivity index (χ0v) is 14.0. The molecule has 4 rings (SSSR count). The molecule has 0 unspecified atom stereocenters. The van der Waals surface area contributed by atoms with Crippen molar-refractivity contribution in [3.63, 3.8) is 0 Å². The Morgan fingerprint density at radius 1 is 1.17 bits per heavy atom. The molecule has 0 atom stereocenters. The number of benzene rings is 1. The molecule has 0 spiro atoms. The fraction of sp³-hybridized carbons (Fsp3) is 0.312. The van der Waals surface area contributed by atoms with E-state index in [2.05, 4.69) is 46.1 Å². The molecule has 3 aromatic heterocycles. The normalized spacial score (nSPS) is 12.0. The Balaban J connectivity index is 1.76. The molecule has 0 amide bonds. The number of hydrogen-bond donors (Lipinski definition) is 1. The highest BCUT2D eigenvalue weighted by Gasteiger charge is 2.16. The zero-order valence-electron chi connectivity index (χ0n) is 13.2. The monoisotopic (exact) mass is 326 g/mol. The summed E-state index contributed by atoms with van der Waals surface area (Å²) in [5, 5.41) is 15.5. The molecule has 1 aromatic carbocycles. The Hall–Kier alpha value is -2.25. The molecule has 3 heterocycles. The zero-order chi connectivity index (χ0) is 15.8. The minimum atomic E-state index is 0.769. The van der Waals surface area contributed by atoms with Gasteiger partial charge in [-0.1, -0.05) is 43.4 Å². The lowest BCUT2D eigenvalue weighted by molar-refractivity contribution is 0.286. The number of aromatic nitrogens is 5. The van der Waals surface area contributed by atoms with E-state index in [-0.39, 0.29) is 0 Å². The Morgan fingerprint density at radius 2 is 2.00 bits per heavy atom. The largest absolute Gasteiger partial charge is 0.360 e. The van der Waals surface area contributed by atoms with E-state index in [1.165, 1.54) is 5.39 Å². The summed E-state index contributed by atoms with van der Waals surface area (Å²) in [5.74, 6) is 0.894. The first-order valence-electron chi connectivity index (χ1n) is 7.80. The average Bonchev–Trinajstić information content (AvgIpc) is 3.26. The van der Waals surface area contributed by atoms with Gasteiger partial charge in [0.15, 0.2) is 5.82 Å². The fourth-order valence-electron chi connectivity index (χ4n) is 2.76. The number of rotatable bonds is 5. The van der Waals surface area contributed by atoms with E-state index < -0.39 is 0 Å². The Morgan fingerprint density at radius 3 is 2.83 bits per heavy atom. The standard InChI is InChI=1S/C16H18N6S/c1-3-21(4-2)10-14-18-19-16-22(14)20-15(23-16)12-9-17-13-8-6-5-7-11(12)13/h5-9,17H,3-4,10H2,1-2H3. The highest BCUT2D eigenvalue weighted by atomic mass is 32.1. The van der Waals surface area contributed by atoms with Crippen molar-refractivity contribution in [1.29, 1.82) is 0 Å². The van der Waals surface area contributed by atoms with E-state index >= 15 is 0 Å². The average molecular weight is 326 g/mol. The number of nitrogens with one attached hydrogen (secondary N) is 1. The van der Waals surface area contributed by atoms with E-state index in [0.29, 0.717) is 0 Å². The van der Waals surface area contributed by atoms with Crippen molar-refractivity contribution in [1.82, 2.24) is 29.7 Å². The SMILES string of the molecule is CCN(CC)Cc1nnc2sc(-c3c[nH]c4ccccc34)nn12. The number of nitrogens with zero attached hydrogens (tertiary/aromatic N) is 5. The molecule has 0 radical (unpaired) electrons. The third-order valence-corrected chi connectivity index (χ3v) is 5.07. The van der Waals surface area contributed by atoms with Gasteiger partial charge in [-0.05, 0) is 19.2 Å². The second kappa shape index (κ2) is 5.75. The second-order valence-corrected chi connectivity index (χ2v) is 6.38. The maximum atomic E-state index is 4.75. The lowest BCUT2D eigenvalue weighted by Gasteiger charge is -2.15. The molecule has 0 saturated heterocycles. The maximum Gasteiger partial charge on any atom is 0.235 e. The van der Waals surface area contributed by atoms with Gasteiger partial charge < -0.3 is 4.98 Å². The number of H-pyrrole nitrogens is 1. The summed E-state index contributed by atoms with van der Waals surface area (Å²) >= 11 is 1.57. The van der Waals surface area contributed by atoms with Crippen molar-refractivity contribution in [2.45, 2.75) is 20.4 Å². The molecule has 0 aliphatic carbocycles. The number of aromatic amines is 1. The van der Waals surface area contributed by atoms with Gasteiger partial charge in [0.1, 0.15) is 5.01 Å². The summed E-state index contributed by atoms with van der Waals surface area (Å²) < 4.78 is 1.88. The number of hydrogen-bond acceptors (Lipinski definition) is 5. The van der Waals surface area contributed by atoms with E-state index in [1.807, 2.05) is 22.8 Å². The van der Waals surface area contributed by atoms with Crippen molar-refractivity contribution < 1.29 is 0 Å². The van der Waals surface area contributed by atoms with Crippen LogP contribution in [0.5, 0.6) is 0 Å². The minimum absolute atomic E-state index is 0.769. The van der Waals surface area contributed by atoms with Crippen LogP contribution < -0.4 is 0 Å². The molecule has 6 nitrogen and oxygen atoms in total. The molecule has 0 fully saturated rings. The van der Waals surface area contributed by atoms with E-state index in [0.717, 1.165) is 46.5 Å². The van der Waals surface area contributed by atoms with Crippen LogP contribution in [0.25, 0.3) is 26.4 Å². The van der Waals surface area contributed by atoms with Crippen molar-refractivity contribution >= 4 is 27.2 Å². The molecular formula is C16H18N6S. The van der Waals surface area contributed by atoms with Gasteiger partial charge in [-0.2, -0.15) is 9.61 Å². The first-order chi connectivity index (χ1) is 11.3. The Labute approximate surface area is 137 Å². The summed E-state index contributed by atoms with van der Waals surface area (Å²) in [6.45, 7) is 7.06. The van der Waals surface area contributed by atoms with Gasteiger partial charge in [-0.3, -0.25) is 4.90 Å². The van der Waals surface area contributed by atoms with Gasteiger partial charge in [0.25, 0.3) is 0 Å². The summed E-state index contributed by atoms with van der Waals surface area (Å²) in [5.41, 5.74) is 2.24. The van der Waals surface area contributed by atoms with Crippen LogP contribution in [-0.2, 0) is 6.54 Å². The van der Waals surface area contributed by atoms with Gasteiger partial charge in [0.2, 0.25) is 4.96 Å². The highest BCUT2D eigenvalue weighted by molar-refractivity contribution is 7.19. The van der Waals surface area contributed by atoms with Gasteiger partial charge in [0.05, 0.1) is 6.54 Å². The summed E-state index contributed by atoms with van der Waals surface area (Å²) in [6, 6.07) is 8.26. The predicted molar refractivity (Wildman–Crippen MR) is 92.6 cm³/mol. The number of fused-ring (bicyclic) bond motifs is 2. The molecule has 7 heteroatoms. The highest BCUT2D eigenvalue weighted by Crippen LogP contribution is 2.31. The Bertz CT molecular complexity index is 946. The van der Waals surface area contributed by atoms with Gasteiger partial charge >= 0.3 is 0 Å². The van der Waals surface area contributed by atoms with Gasteiger partial charge in [-0.25, -0.2) is 0 Å². The molecular weight excluding hydrogens is 308 g/mol. The lowest BCUT2D eigenvalue weighted by Crippen LogP contribution is -2.23. The summed E-state index contributed by atoms with van der Waals surface area (Å²) in [7, 11) is 0. The Kier molecular flexibility index (Phi) is 3.59. The molecule has 0 saturated carbocycles. The first-order valence-corrected chi connectivity index (χ1v) is 8.61. The van der Waals surface area contributed by atoms with E-state index in [9.17, 15) is 0 Å². The third-order valence-electron chi connectivity index (χ3n) is 4.13. The summed E-state index contributed by atoms with van der Waals surface area (Å²) in [6.07, 6.45) is 2.01. The van der Waals surface area contributed by atoms with Crippen LogP contribution in [0.3, 0.4) is 0 Å². The van der Waals surface area contributed by atoms with Crippen molar-refractivity contribution in [3.05, 3.63) is 36.3 Å². The smallest absolute Gasteiger partial charge is 0.235 e. The van der Waals surface area contributed by atoms with Crippen LogP contribution >= 0.6 is 11.3 Å². The molecule has 4 aromatic rings. The molecule has 23 heavy (non-hydrogen) atoms. The molecule has 0 aliphatic heterocycles. The van der Waals surface area contributed by atoms with Crippen LogP contribution in [0.1, 0.15) is 19.7 Å².